The van der Waals surface area contributed by atoms with Gasteiger partial charge >= 0.3 is 5.97 Å². The molecule has 0 saturated carbocycles. The fourth-order valence-corrected chi connectivity index (χ4v) is 3.53. The fourth-order valence-electron chi connectivity index (χ4n) is 2.48. The van der Waals surface area contributed by atoms with Crippen molar-refractivity contribution >= 4 is 39.2 Å². The van der Waals surface area contributed by atoms with Crippen molar-refractivity contribution < 1.29 is 23.5 Å². The predicted octanol–water partition coefficient (Wildman–Crippen LogP) is 2.96. The van der Waals surface area contributed by atoms with Gasteiger partial charge in [-0.3, -0.25) is 14.4 Å². The van der Waals surface area contributed by atoms with Crippen molar-refractivity contribution in [1.29, 1.82) is 0 Å². The Labute approximate surface area is 157 Å². The minimum Gasteiger partial charge on any atom is -0.468 e. The van der Waals surface area contributed by atoms with E-state index in [9.17, 15) is 18.8 Å². The summed E-state index contributed by atoms with van der Waals surface area (Å²) in [6.45, 7) is 1.28. The Morgan fingerprint density at radius 2 is 1.78 bits per heavy atom. The topological polar surface area (TPSA) is 77.7 Å². The van der Waals surface area contributed by atoms with Crippen LogP contribution in [-0.4, -0.2) is 29.3 Å². The second-order valence-corrected chi connectivity index (χ2v) is 6.72. The maximum Gasteiger partial charge on any atom is 0.325 e. The number of carbonyl (C=O) groups excluding carboxylic acids is 3. The average molecular weight is 386 g/mol. The van der Waals surface area contributed by atoms with Crippen molar-refractivity contribution in [3.63, 3.8) is 0 Å². The van der Waals surface area contributed by atoms with Crippen LogP contribution < -0.4 is 4.80 Å². The number of thiazole rings is 1. The molecule has 1 aromatic heterocycles. The molecule has 27 heavy (non-hydrogen) atoms. The average Bonchev–Trinajstić information content (AvgIpc) is 2.97. The van der Waals surface area contributed by atoms with Crippen LogP contribution in [0.3, 0.4) is 0 Å². The maximum absolute atomic E-state index is 13.5. The van der Waals surface area contributed by atoms with Gasteiger partial charge in [-0.1, -0.05) is 23.5 Å². The summed E-state index contributed by atoms with van der Waals surface area (Å²) in [5, 5.41) is 0. The second-order valence-electron chi connectivity index (χ2n) is 5.71. The molecule has 0 bridgehead atoms. The molecule has 1 heterocycles. The van der Waals surface area contributed by atoms with Crippen LogP contribution in [0.1, 0.15) is 27.6 Å². The SMILES string of the molecule is COC(=O)Cn1c(=NC(=O)c2ccc(C(C)=O)cc2)sc2cc(F)ccc21. The number of rotatable bonds is 4. The van der Waals surface area contributed by atoms with Gasteiger partial charge in [-0.05, 0) is 37.3 Å². The Morgan fingerprint density at radius 3 is 2.41 bits per heavy atom. The summed E-state index contributed by atoms with van der Waals surface area (Å²) in [4.78, 5) is 39.9. The van der Waals surface area contributed by atoms with E-state index >= 15 is 0 Å². The van der Waals surface area contributed by atoms with Crippen LogP contribution in [0.5, 0.6) is 0 Å². The summed E-state index contributed by atoms with van der Waals surface area (Å²) >= 11 is 1.10. The zero-order valence-corrected chi connectivity index (χ0v) is 15.4. The monoisotopic (exact) mass is 386 g/mol. The molecule has 138 valence electrons. The van der Waals surface area contributed by atoms with Crippen molar-refractivity contribution in [1.82, 2.24) is 4.57 Å². The highest BCUT2D eigenvalue weighted by Gasteiger charge is 2.13. The zero-order chi connectivity index (χ0) is 19.6. The molecule has 0 saturated heterocycles. The number of amides is 1. The lowest BCUT2D eigenvalue weighted by atomic mass is 10.1. The minimum absolute atomic E-state index is 0.103. The normalized spacial score (nSPS) is 11.6. The molecule has 3 rings (SSSR count). The van der Waals surface area contributed by atoms with Crippen molar-refractivity contribution in [3.8, 4) is 0 Å². The van der Waals surface area contributed by atoms with Gasteiger partial charge in [-0.25, -0.2) is 4.39 Å². The molecule has 3 aromatic rings. The first kappa shape index (κ1) is 18.7. The third kappa shape index (κ3) is 4.01. The molecule has 0 aliphatic rings. The number of nitrogens with zero attached hydrogens (tertiary/aromatic N) is 2. The number of aromatic nitrogens is 1. The Kier molecular flexibility index (Phi) is 5.27. The van der Waals surface area contributed by atoms with E-state index in [1.54, 1.807) is 12.1 Å². The summed E-state index contributed by atoms with van der Waals surface area (Å²) in [7, 11) is 1.26. The van der Waals surface area contributed by atoms with Crippen molar-refractivity contribution in [2.45, 2.75) is 13.5 Å². The standard InChI is InChI=1S/C19H15FN2O4S/c1-11(23)12-3-5-13(6-4-12)18(25)21-19-22(10-17(24)26-2)15-8-7-14(20)9-16(15)27-19/h3-9H,10H2,1-2H3. The number of ether oxygens (including phenoxy) is 1. The number of benzene rings is 2. The number of carbonyl (C=O) groups is 3. The molecule has 0 unspecified atom stereocenters. The van der Waals surface area contributed by atoms with Gasteiger partial charge in [0.2, 0.25) is 0 Å². The van der Waals surface area contributed by atoms with Gasteiger partial charge in [-0.2, -0.15) is 4.99 Å². The van der Waals surface area contributed by atoms with Gasteiger partial charge < -0.3 is 9.30 Å². The van der Waals surface area contributed by atoms with Crippen LogP contribution in [0, 0.1) is 5.82 Å². The van der Waals surface area contributed by atoms with Crippen molar-refractivity contribution in [2.24, 2.45) is 4.99 Å². The van der Waals surface area contributed by atoms with E-state index in [4.69, 9.17) is 0 Å². The molecule has 8 heteroatoms. The van der Waals surface area contributed by atoms with Gasteiger partial charge in [0.05, 0.1) is 17.3 Å². The van der Waals surface area contributed by atoms with E-state index in [0.29, 0.717) is 21.3 Å². The zero-order valence-electron chi connectivity index (χ0n) is 14.6. The predicted molar refractivity (Wildman–Crippen MR) is 98.1 cm³/mol. The number of fused-ring (bicyclic) bond motifs is 1. The molecule has 0 radical (unpaired) electrons. The van der Waals surface area contributed by atoms with Gasteiger partial charge in [0, 0.05) is 11.1 Å². The van der Waals surface area contributed by atoms with Gasteiger partial charge in [0.25, 0.3) is 5.91 Å². The molecule has 0 spiro atoms. The number of Topliss-reactive ketones (excluding diaryl/α,β-unsaturated/α-hetero) is 1. The van der Waals surface area contributed by atoms with E-state index in [1.807, 2.05) is 0 Å². The summed E-state index contributed by atoms with van der Waals surface area (Å²) < 4.78 is 20.3. The van der Waals surface area contributed by atoms with Crippen molar-refractivity contribution in [3.05, 3.63) is 64.2 Å². The van der Waals surface area contributed by atoms with E-state index in [-0.39, 0.29) is 17.1 Å². The third-order valence-electron chi connectivity index (χ3n) is 3.90. The number of esters is 1. The lowest BCUT2D eigenvalue weighted by Crippen LogP contribution is -2.22. The molecule has 0 aliphatic heterocycles. The highest BCUT2D eigenvalue weighted by atomic mass is 32.1. The molecule has 6 nitrogen and oxygen atoms in total. The number of halogens is 1. The summed E-state index contributed by atoms with van der Waals surface area (Å²) in [6.07, 6.45) is 0. The van der Waals surface area contributed by atoms with E-state index in [0.717, 1.165) is 11.3 Å². The van der Waals surface area contributed by atoms with E-state index in [2.05, 4.69) is 9.73 Å². The molecular weight excluding hydrogens is 371 g/mol. The Balaban J connectivity index is 2.08. The first-order chi connectivity index (χ1) is 12.9. The van der Waals surface area contributed by atoms with Gasteiger partial charge in [-0.15, -0.1) is 0 Å². The highest BCUT2D eigenvalue weighted by molar-refractivity contribution is 7.16. The number of hydrogen-bond acceptors (Lipinski definition) is 5. The third-order valence-corrected chi connectivity index (χ3v) is 4.94. The van der Waals surface area contributed by atoms with E-state index < -0.39 is 17.7 Å². The van der Waals surface area contributed by atoms with Gasteiger partial charge in [0.15, 0.2) is 10.6 Å². The van der Waals surface area contributed by atoms with Crippen LogP contribution in [0.15, 0.2) is 47.5 Å². The molecular formula is C19H15FN2O4S. The highest BCUT2D eigenvalue weighted by Crippen LogP contribution is 2.19. The molecule has 0 fully saturated rings. The van der Waals surface area contributed by atoms with Crippen molar-refractivity contribution in [2.75, 3.05) is 7.11 Å². The second kappa shape index (κ2) is 7.63. The van der Waals surface area contributed by atoms with Crippen LogP contribution in [0.2, 0.25) is 0 Å². The lowest BCUT2D eigenvalue weighted by molar-refractivity contribution is -0.141. The molecule has 0 N–H and O–H groups in total. The number of ketones is 1. The molecule has 0 atom stereocenters. The van der Waals surface area contributed by atoms with E-state index in [1.165, 1.54) is 48.9 Å². The van der Waals surface area contributed by atoms with Crippen LogP contribution in [0.4, 0.5) is 4.39 Å². The summed E-state index contributed by atoms with van der Waals surface area (Å²) in [6, 6.07) is 10.2. The quantitative estimate of drug-likeness (QED) is 0.510. The summed E-state index contributed by atoms with van der Waals surface area (Å²) in [5.41, 5.74) is 1.36. The Morgan fingerprint density at radius 1 is 1.11 bits per heavy atom. The van der Waals surface area contributed by atoms with Crippen LogP contribution in [-0.2, 0) is 16.1 Å². The number of hydrogen-bond donors (Lipinski definition) is 0. The molecule has 2 aromatic carbocycles. The Bertz CT molecular complexity index is 1110. The minimum atomic E-state index is -0.532. The molecule has 0 aliphatic carbocycles. The fraction of sp³-hybridized carbons (Fsp3) is 0.158. The summed E-state index contributed by atoms with van der Waals surface area (Å²) in [5.74, 6) is -1.57. The van der Waals surface area contributed by atoms with Crippen LogP contribution in [0.25, 0.3) is 10.2 Å². The Hall–Kier alpha value is -3.13. The largest absolute Gasteiger partial charge is 0.468 e. The first-order valence-electron chi connectivity index (χ1n) is 7.95. The maximum atomic E-state index is 13.5. The molecule has 1 amide bonds. The lowest BCUT2D eigenvalue weighted by Gasteiger charge is -2.03. The van der Waals surface area contributed by atoms with Crippen LogP contribution >= 0.6 is 11.3 Å². The smallest absolute Gasteiger partial charge is 0.325 e. The number of methoxy groups -OCH3 is 1. The first-order valence-corrected chi connectivity index (χ1v) is 8.76. The van der Waals surface area contributed by atoms with Gasteiger partial charge in [0.1, 0.15) is 12.4 Å².